The van der Waals surface area contributed by atoms with E-state index in [1.165, 1.54) is 17.0 Å². The molecule has 5 heteroatoms. The quantitative estimate of drug-likeness (QED) is 0.669. The van der Waals surface area contributed by atoms with Gasteiger partial charge in [-0.05, 0) is 68.9 Å². The number of aromatic nitrogens is 2. The molecule has 0 saturated carbocycles. The molecule has 0 spiro atoms. The molecule has 138 valence electrons. The highest BCUT2D eigenvalue weighted by atomic mass is 32.1. The average Bonchev–Trinajstić information content (AvgIpc) is 3.18. The Kier molecular flexibility index (Phi) is 4.70. The molecule has 2 unspecified atom stereocenters. The van der Waals surface area contributed by atoms with Gasteiger partial charge in [-0.1, -0.05) is 24.3 Å². The van der Waals surface area contributed by atoms with Crippen LogP contribution >= 0.6 is 12.2 Å². The number of rotatable bonds is 4. The Bertz CT molecular complexity index is 949. The first-order valence-electron chi connectivity index (χ1n) is 9.34. The minimum absolute atomic E-state index is 0.00436. The topological polar surface area (TPSA) is 33.1 Å². The second-order valence-electron chi connectivity index (χ2n) is 6.90. The molecule has 3 heterocycles. The van der Waals surface area contributed by atoms with Gasteiger partial charge in [0.15, 0.2) is 5.11 Å². The molecule has 1 fully saturated rings. The maximum absolute atomic E-state index is 5.77. The van der Waals surface area contributed by atoms with Gasteiger partial charge in [0.05, 0.1) is 17.8 Å². The minimum Gasteiger partial charge on any atom is -0.351 e. The highest BCUT2D eigenvalue weighted by Gasteiger charge is 2.42. The molecule has 1 aromatic carbocycles. The lowest BCUT2D eigenvalue weighted by Gasteiger charge is -2.28. The van der Waals surface area contributed by atoms with Crippen molar-refractivity contribution in [3.63, 3.8) is 0 Å². The summed E-state index contributed by atoms with van der Waals surface area (Å²) < 4.78 is 2.36. The van der Waals surface area contributed by atoms with Gasteiger partial charge in [0.2, 0.25) is 0 Å². The van der Waals surface area contributed by atoms with E-state index < -0.39 is 0 Å². The zero-order valence-corrected chi connectivity index (χ0v) is 16.7. The van der Waals surface area contributed by atoms with Crippen LogP contribution in [-0.2, 0) is 6.54 Å². The first kappa shape index (κ1) is 17.7. The van der Waals surface area contributed by atoms with Crippen molar-refractivity contribution >= 4 is 23.0 Å². The molecule has 0 amide bonds. The average molecular weight is 377 g/mol. The van der Waals surface area contributed by atoms with Crippen LogP contribution in [0, 0.1) is 13.8 Å². The normalized spacial score (nSPS) is 19.4. The predicted molar refractivity (Wildman–Crippen MR) is 114 cm³/mol. The summed E-state index contributed by atoms with van der Waals surface area (Å²) in [4.78, 5) is 6.86. The molecule has 0 bridgehead atoms. The third kappa shape index (κ3) is 3.02. The van der Waals surface area contributed by atoms with Gasteiger partial charge in [-0.25, -0.2) is 0 Å². The summed E-state index contributed by atoms with van der Waals surface area (Å²) in [7, 11) is 0. The number of aryl methyl sites for hydroxylation is 1. The van der Waals surface area contributed by atoms with Crippen molar-refractivity contribution in [2.24, 2.45) is 0 Å². The summed E-state index contributed by atoms with van der Waals surface area (Å²) in [5.74, 6) is 0. The van der Waals surface area contributed by atoms with Crippen molar-refractivity contribution in [1.29, 1.82) is 0 Å². The summed E-state index contributed by atoms with van der Waals surface area (Å²) in [5, 5.41) is 4.27. The second kappa shape index (κ2) is 7.16. The molecule has 1 saturated heterocycles. The van der Waals surface area contributed by atoms with E-state index in [4.69, 9.17) is 12.2 Å². The molecule has 1 N–H and O–H groups in total. The molecule has 27 heavy (non-hydrogen) atoms. The number of pyridine rings is 1. The summed E-state index contributed by atoms with van der Waals surface area (Å²) in [6.45, 7) is 7.52. The first-order chi connectivity index (χ1) is 13.1. The zero-order chi connectivity index (χ0) is 19.0. The molecular weight excluding hydrogens is 352 g/mol. The van der Waals surface area contributed by atoms with Crippen LogP contribution in [0.4, 0.5) is 5.69 Å². The molecule has 2 aromatic heterocycles. The SMILES string of the molecule is CCn1c(C)cc(C2C(c3ccccn3)NC(=S)N2c2ccccc2)c1C. The fraction of sp³-hybridized carbons (Fsp3) is 0.273. The van der Waals surface area contributed by atoms with Crippen molar-refractivity contribution in [3.8, 4) is 0 Å². The molecule has 0 aliphatic carbocycles. The number of thiocarbonyl (C=S) groups is 1. The van der Waals surface area contributed by atoms with E-state index in [0.717, 1.165) is 23.0 Å². The van der Waals surface area contributed by atoms with E-state index in [9.17, 15) is 0 Å². The van der Waals surface area contributed by atoms with Gasteiger partial charge in [-0.2, -0.15) is 0 Å². The van der Waals surface area contributed by atoms with Gasteiger partial charge < -0.3 is 14.8 Å². The lowest BCUT2D eigenvalue weighted by Crippen LogP contribution is -2.29. The van der Waals surface area contributed by atoms with Crippen molar-refractivity contribution < 1.29 is 0 Å². The van der Waals surface area contributed by atoms with Gasteiger partial charge in [0.1, 0.15) is 0 Å². The summed E-state index contributed by atoms with van der Waals surface area (Å²) in [6, 6.07) is 18.8. The number of nitrogens with one attached hydrogen (secondary N) is 1. The Morgan fingerprint density at radius 3 is 2.44 bits per heavy atom. The molecule has 1 aliphatic heterocycles. The van der Waals surface area contributed by atoms with Crippen LogP contribution in [0.3, 0.4) is 0 Å². The predicted octanol–water partition coefficient (Wildman–Crippen LogP) is 4.70. The minimum atomic E-state index is 0.00436. The summed E-state index contributed by atoms with van der Waals surface area (Å²) >= 11 is 5.77. The van der Waals surface area contributed by atoms with E-state index in [0.29, 0.717) is 0 Å². The molecule has 4 nitrogen and oxygen atoms in total. The Balaban J connectivity index is 1.88. The number of benzene rings is 1. The van der Waals surface area contributed by atoms with Crippen LogP contribution < -0.4 is 10.2 Å². The maximum Gasteiger partial charge on any atom is 0.174 e. The van der Waals surface area contributed by atoms with Gasteiger partial charge >= 0.3 is 0 Å². The van der Waals surface area contributed by atoms with Crippen LogP contribution in [-0.4, -0.2) is 14.7 Å². The van der Waals surface area contributed by atoms with E-state index in [1.807, 2.05) is 24.4 Å². The van der Waals surface area contributed by atoms with E-state index in [-0.39, 0.29) is 12.1 Å². The summed E-state index contributed by atoms with van der Waals surface area (Å²) in [5.41, 5.74) is 5.95. The number of hydrogen-bond acceptors (Lipinski definition) is 2. The van der Waals surface area contributed by atoms with Crippen LogP contribution in [0.15, 0.2) is 60.8 Å². The number of anilines is 1. The molecule has 3 aromatic rings. The van der Waals surface area contributed by atoms with Gasteiger partial charge in [-0.15, -0.1) is 0 Å². The van der Waals surface area contributed by atoms with E-state index in [1.54, 1.807) is 0 Å². The Labute approximate surface area is 165 Å². The van der Waals surface area contributed by atoms with Gasteiger partial charge in [0.25, 0.3) is 0 Å². The number of nitrogens with zero attached hydrogens (tertiary/aromatic N) is 3. The van der Waals surface area contributed by atoms with E-state index >= 15 is 0 Å². The fourth-order valence-corrected chi connectivity index (χ4v) is 4.50. The highest BCUT2D eigenvalue weighted by molar-refractivity contribution is 7.80. The van der Waals surface area contributed by atoms with Crippen LogP contribution in [0.25, 0.3) is 0 Å². The lowest BCUT2D eigenvalue weighted by molar-refractivity contribution is 0.563. The largest absolute Gasteiger partial charge is 0.351 e. The highest BCUT2D eigenvalue weighted by Crippen LogP contribution is 2.43. The maximum atomic E-state index is 5.77. The van der Waals surface area contributed by atoms with Crippen molar-refractivity contribution in [1.82, 2.24) is 14.9 Å². The van der Waals surface area contributed by atoms with E-state index in [2.05, 4.69) is 76.9 Å². The van der Waals surface area contributed by atoms with Gasteiger partial charge in [0, 0.05) is 29.8 Å². The molecular formula is C22H24N4S. The Morgan fingerprint density at radius 1 is 1.07 bits per heavy atom. The molecule has 1 aliphatic rings. The molecule has 0 radical (unpaired) electrons. The summed E-state index contributed by atoms with van der Waals surface area (Å²) in [6.07, 6.45) is 1.84. The van der Waals surface area contributed by atoms with Gasteiger partial charge in [-0.3, -0.25) is 4.98 Å². The van der Waals surface area contributed by atoms with Crippen molar-refractivity contribution in [3.05, 3.63) is 83.4 Å². The third-order valence-corrected chi connectivity index (χ3v) is 5.69. The standard InChI is InChI=1S/C22H24N4S/c1-4-25-15(2)14-18(16(25)3)21-20(19-12-8-9-13-23-19)24-22(27)26(21)17-10-6-5-7-11-17/h5-14,20-21H,4H2,1-3H3,(H,24,27). The monoisotopic (exact) mass is 376 g/mol. The molecule has 4 rings (SSSR count). The number of para-hydroxylation sites is 1. The first-order valence-corrected chi connectivity index (χ1v) is 9.75. The van der Waals surface area contributed by atoms with Crippen LogP contribution in [0.1, 0.15) is 41.7 Å². The smallest absolute Gasteiger partial charge is 0.174 e. The second-order valence-corrected chi connectivity index (χ2v) is 7.29. The van der Waals surface area contributed by atoms with Crippen LogP contribution in [0.5, 0.6) is 0 Å². The third-order valence-electron chi connectivity index (χ3n) is 5.38. The van der Waals surface area contributed by atoms with Crippen molar-refractivity contribution in [2.45, 2.75) is 39.4 Å². The van der Waals surface area contributed by atoms with Crippen LogP contribution in [0.2, 0.25) is 0 Å². The lowest BCUT2D eigenvalue weighted by atomic mass is 9.96. The number of hydrogen-bond donors (Lipinski definition) is 1. The Morgan fingerprint density at radius 2 is 1.81 bits per heavy atom. The zero-order valence-electron chi connectivity index (χ0n) is 15.9. The fourth-order valence-electron chi connectivity index (χ4n) is 4.15. The van der Waals surface area contributed by atoms with Crippen molar-refractivity contribution in [2.75, 3.05) is 4.90 Å². The molecule has 2 atom stereocenters. The Hall–Kier alpha value is -2.66.